The average Bonchev–Trinajstić information content (AvgIpc) is 3.35. The zero-order valence-corrected chi connectivity index (χ0v) is 24.1. The molecule has 202 valence electrons. The summed E-state index contributed by atoms with van der Waals surface area (Å²) in [5.74, 6) is 0. The molecule has 0 bridgehead atoms. The van der Waals surface area contributed by atoms with Crippen LogP contribution in [-0.2, 0) is 5.41 Å². The Labute approximate surface area is 247 Å². The van der Waals surface area contributed by atoms with Gasteiger partial charge in [0.2, 0.25) is 0 Å². The van der Waals surface area contributed by atoms with E-state index in [1.807, 2.05) is 0 Å². The maximum atomic E-state index is 2.50. The summed E-state index contributed by atoms with van der Waals surface area (Å²) in [5.41, 5.74) is 9.00. The first-order chi connectivity index (χ1) is 20.7. The van der Waals surface area contributed by atoms with Crippen LogP contribution < -0.4 is 4.90 Å². The van der Waals surface area contributed by atoms with Crippen molar-refractivity contribution in [3.8, 4) is 11.1 Å². The molecule has 0 aromatic heterocycles. The highest BCUT2D eigenvalue weighted by atomic mass is 15.1. The van der Waals surface area contributed by atoms with Crippen molar-refractivity contribution in [2.45, 2.75) is 32.1 Å². The van der Waals surface area contributed by atoms with Gasteiger partial charge >= 0.3 is 0 Å². The topological polar surface area (TPSA) is 3.24 Å². The van der Waals surface area contributed by atoms with Gasteiger partial charge in [0.25, 0.3) is 0 Å². The van der Waals surface area contributed by atoms with Crippen molar-refractivity contribution >= 4 is 49.4 Å². The highest BCUT2D eigenvalue weighted by Gasteiger charge is 2.39. The Morgan fingerprint density at radius 2 is 1.12 bits per heavy atom. The van der Waals surface area contributed by atoms with Gasteiger partial charge in [0.15, 0.2) is 0 Å². The van der Waals surface area contributed by atoms with Gasteiger partial charge in [0, 0.05) is 22.2 Å². The Balaban J connectivity index is 1.40. The van der Waals surface area contributed by atoms with E-state index < -0.39 is 0 Å². The number of hydrogen-bond acceptors (Lipinski definition) is 1. The zero-order valence-electron chi connectivity index (χ0n) is 24.1. The molecule has 0 spiro atoms. The van der Waals surface area contributed by atoms with E-state index in [4.69, 9.17) is 0 Å². The zero-order chi connectivity index (χ0) is 28.3. The Morgan fingerprint density at radius 3 is 1.93 bits per heavy atom. The summed E-state index contributed by atoms with van der Waals surface area (Å²) in [6.45, 7) is 4.72. The van der Waals surface area contributed by atoms with Crippen LogP contribution in [0, 0.1) is 0 Å². The summed E-state index contributed by atoms with van der Waals surface area (Å²) in [7, 11) is 0. The van der Waals surface area contributed by atoms with Crippen molar-refractivity contribution < 1.29 is 0 Å². The third-order valence-electron chi connectivity index (χ3n) is 9.68. The molecule has 0 fully saturated rings. The van der Waals surface area contributed by atoms with Gasteiger partial charge < -0.3 is 4.90 Å². The summed E-state index contributed by atoms with van der Waals surface area (Å²) in [5, 5.41) is 8.05. The fourth-order valence-corrected chi connectivity index (χ4v) is 7.55. The predicted octanol–water partition coefficient (Wildman–Crippen LogP) is 11.7. The molecular formula is C41H33N. The molecule has 0 N–H and O–H groups in total. The number of benzene rings is 7. The van der Waals surface area contributed by atoms with E-state index in [0.717, 1.165) is 18.5 Å². The Hall–Kier alpha value is -4.88. The minimum Gasteiger partial charge on any atom is -0.310 e. The molecule has 7 aromatic rings. The van der Waals surface area contributed by atoms with Crippen LogP contribution in [0.1, 0.15) is 37.8 Å². The van der Waals surface area contributed by atoms with Crippen LogP contribution in [0.5, 0.6) is 0 Å². The second kappa shape index (κ2) is 9.60. The molecule has 0 amide bonds. The van der Waals surface area contributed by atoms with Gasteiger partial charge in [-0.2, -0.15) is 0 Å². The second-order valence-corrected chi connectivity index (χ2v) is 11.6. The maximum absolute atomic E-state index is 2.50. The Kier molecular flexibility index (Phi) is 5.69. The van der Waals surface area contributed by atoms with Gasteiger partial charge in [-0.3, -0.25) is 0 Å². The Bertz CT molecular complexity index is 2100. The molecule has 1 heteroatoms. The third-order valence-corrected chi connectivity index (χ3v) is 9.68. The minimum atomic E-state index is 0.0129. The molecule has 1 nitrogen and oxygen atoms in total. The molecule has 0 saturated carbocycles. The molecule has 0 aliphatic heterocycles. The highest BCUT2D eigenvalue weighted by molar-refractivity contribution is 6.16. The van der Waals surface area contributed by atoms with E-state index in [2.05, 4.69) is 158 Å². The summed E-state index contributed by atoms with van der Waals surface area (Å²) < 4.78 is 0. The van der Waals surface area contributed by atoms with E-state index in [1.165, 1.54) is 65.9 Å². The first-order valence-electron chi connectivity index (χ1n) is 15.2. The molecular weight excluding hydrogens is 506 g/mol. The van der Waals surface area contributed by atoms with Crippen LogP contribution in [0.25, 0.3) is 43.4 Å². The SMILES string of the molecule is CCC1(CC)c2cccc3ccc4cc(N(c5ccc(-c6ccccc6)cc5)c5cccc6ccccc56)cc1c4c23. The van der Waals surface area contributed by atoms with E-state index in [0.29, 0.717) is 0 Å². The molecule has 1 aliphatic carbocycles. The van der Waals surface area contributed by atoms with Crippen molar-refractivity contribution in [3.63, 3.8) is 0 Å². The number of anilines is 3. The largest absolute Gasteiger partial charge is 0.310 e. The summed E-state index contributed by atoms with van der Waals surface area (Å²) in [4.78, 5) is 2.47. The molecule has 1 aliphatic rings. The molecule has 0 unspecified atom stereocenters. The number of rotatable bonds is 6. The van der Waals surface area contributed by atoms with Gasteiger partial charge in [-0.05, 0) is 92.4 Å². The van der Waals surface area contributed by atoms with Crippen molar-refractivity contribution in [2.24, 2.45) is 0 Å². The number of fused-ring (bicyclic) bond motifs is 1. The lowest BCUT2D eigenvalue weighted by molar-refractivity contribution is 0.492. The predicted molar refractivity (Wildman–Crippen MR) is 180 cm³/mol. The average molecular weight is 540 g/mol. The molecule has 0 atom stereocenters. The smallest absolute Gasteiger partial charge is 0.0540 e. The van der Waals surface area contributed by atoms with Gasteiger partial charge in [0.1, 0.15) is 0 Å². The lowest BCUT2D eigenvalue weighted by Gasteiger charge is -2.32. The maximum Gasteiger partial charge on any atom is 0.0540 e. The fourth-order valence-electron chi connectivity index (χ4n) is 7.55. The van der Waals surface area contributed by atoms with Crippen LogP contribution in [0.3, 0.4) is 0 Å². The first-order valence-corrected chi connectivity index (χ1v) is 15.2. The summed E-state index contributed by atoms with van der Waals surface area (Å²) >= 11 is 0. The standard InChI is InChI=1S/C41H33N/c1-3-41(4-2)36-18-10-16-31-20-21-32-26-34(27-37(41)40(32)39(31)36)42(38-19-11-15-30-14-8-9-17-35(30)38)33-24-22-29(23-25-33)28-12-6-5-7-13-28/h5-27H,3-4H2,1-2H3. The van der Waals surface area contributed by atoms with Crippen LogP contribution in [0.2, 0.25) is 0 Å². The van der Waals surface area contributed by atoms with Crippen LogP contribution in [0.15, 0.2) is 140 Å². The van der Waals surface area contributed by atoms with Crippen molar-refractivity contribution in [3.05, 3.63) is 151 Å². The quantitative estimate of drug-likeness (QED) is 0.190. The van der Waals surface area contributed by atoms with Gasteiger partial charge in [-0.1, -0.05) is 123 Å². The Morgan fingerprint density at radius 1 is 0.476 bits per heavy atom. The lowest BCUT2D eigenvalue weighted by atomic mass is 9.73. The van der Waals surface area contributed by atoms with Crippen LogP contribution >= 0.6 is 0 Å². The molecule has 0 saturated heterocycles. The summed E-state index contributed by atoms with van der Waals surface area (Å²) in [6, 6.07) is 51.5. The molecule has 0 heterocycles. The fraction of sp³-hybridized carbons (Fsp3) is 0.122. The van der Waals surface area contributed by atoms with E-state index in [9.17, 15) is 0 Å². The van der Waals surface area contributed by atoms with Crippen molar-refractivity contribution in [2.75, 3.05) is 4.90 Å². The third kappa shape index (κ3) is 3.56. The number of hydrogen-bond donors (Lipinski definition) is 0. The highest BCUT2D eigenvalue weighted by Crippen LogP contribution is 2.54. The van der Waals surface area contributed by atoms with Crippen molar-refractivity contribution in [1.82, 2.24) is 0 Å². The van der Waals surface area contributed by atoms with E-state index in [-0.39, 0.29) is 5.41 Å². The first kappa shape index (κ1) is 24.9. The van der Waals surface area contributed by atoms with Gasteiger partial charge in [-0.25, -0.2) is 0 Å². The van der Waals surface area contributed by atoms with E-state index >= 15 is 0 Å². The van der Waals surface area contributed by atoms with Crippen molar-refractivity contribution in [1.29, 1.82) is 0 Å². The molecule has 0 radical (unpaired) electrons. The van der Waals surface area contributed by atoms with E-state index in [1.54, 1.807) is 0 Å². The monoisotopic (exact) mass is 539 g/mol. The summed E-state index contributed by atoms with van der Waals surface area (Å²) in [6.07, 6.45) is 2.16. The molecule has 7 aromatic carbocycles. The second-order valence-electron chi connectivity index (χ2n) is 11.6. The normalized spacial score (nSPS) is 13.4. The molecule has 8 rings (SSSR count). The lowest BCUT2D eigenvalue weighted by Crippen LogP contribution is -2.23. The minimum absolute atomic E-state index is 0.0129. The number of nitrogens with zero attached hydrogens (tertiary/aromatic N) is 1. The van der Waals surface area contributed by atoms with Gasteiger partial charge in [0.05, 0.1) is 5.69 Å². The van der Waals surface area contributed by atoms with Crippen LogP contribution in [-0.4, -0.2) is 0 Å². The van der Waals surface area contributed by atoms with Gasteiger partial charge in [-0.15, -0.1) is 0 Å². The molecule has 42 heavy (non-hydrogen) atoms. The van der Waals surface area contributed by atoms with Crippen LogP contribution in [0.4, 0.5) is 17.1 Å².